The van der Waals surface area contributed by atoms with Crippen LogP contribution < -0.4 is 4.90 Å². The highest BCUT2D eigenvalue weighted by Crippen LogP contribution is 2.23. The van der Waals surface area contributed by atoms with Crippen LogP contribution in [0.5, 0.6) is 0 Å². The van der Waals surface area contributed by atoms with Crippen molar-refractivity contribution >= 4 is 27.5 Å². The molecule has 0 saturated carbocycles. The molecule has 1 aliphatic rings. The molecular formula is C19H21BrN2O. The maximum Gasteiger partial charge on any atom is 0.253 e. The van der Waals surface area contributed by atoms with E-state index in [-0.39, 0.29) is 11.9 Å². The zero-order chi connectivity index (χ0) is 16.2. The van der Waals surface area contributed by atoms with E-state index in [0.717, 1.165) is 36.0 Å². The Morgan fingerprint density at radius 3 is 2.70 bits per heavy atom. The van der Waals surface area contributed by atoms with Gasteiger partial charge in [-0.1, -0.05) is 40.2 Å². The summed E-state index contributed by atoms with van der Waals surface area (Å²) in [5, 5.41) is 0. The van der Waals surface area contributed by atoms with E-state index < -0.39 is 0 Å². The van der Waals surface area contributed by atoms with Crippen molar-refractivity contribution in [1.29, 1.82) is 0 Å². The van der Waals surface area contributed by atoms with Gasteiger partial charge in [-0.25, -0.2) is 0 Å². The van der Waals surface area contributed by atoms with Gasteiger partial charge in [0, 0.05) is 41.9 Å². The Morgan fingerprint density at radius 1 is 1.17 bits per heavy atom. The third kappa shape index (κ3) is 3.75. The van der Waals surface area contributed by atoms with Crippen molar-refractivity contribution in [3.63, 3.8) is 0 Å². The Labute approximate surface area is 146 Å². The van der Waals surface area contributed by atoms with E-state index >= 15 is 0 Å². The van der Waals surface area contributed by atoms with Crippen molar-refractivity contribution in [2.75, 3.05) is 25.0 Å². The monoisotopic (exact) mass is 372 g/mol. The summed E-state index contributed by atoms with van der Waals surface area (Å²) < 4.78 is 0.936. The number of likely N-dealkylation sites (N-methyl/N-ethyl adjacent to an activating group) is 1. The smallest absolute Gasteiger partial charge is 0.253 e. The van der Waals surface area contributed by atoms with Gasteiger partial charge in [-0.3, -0.25) is 4.79 Å². The average molecular weight is 373 g/mol. The molecule has 4 heteroatoms. The Balaban J connectivity index is 1.72. The molecule has 1 unspecified atom stereocenters. The van der Waals surface area contributed by atoms with E-state index in [0.29, 0.717) is 0 Å². The van der Waals surface area contributed by atoms with Gasteiger partial charge in [-0.05, 0) is 43.2 Å². The molecule has 0 spiro atoms. The molecule has 1 fully saturated rings. The van der Waals surface area contributed by atoms with Gasteiger partial charge in [0.05, 0.1) is 0 Å². The van der Waals surface area contributed by atoms with Crippen LogP contribution in [0, 0.1) is 0 Å². The van der Waals surface area contributed by atoms with Crippen LogP contribution in [-0.2, 0) is 0 Å². The first-order chi connectivity index (χ1) is 11.1. The summed E-state index contributed by atoms with van der Waals surface area (Å²) >= 11 is 3.44. The van der Waals surface area contributed by atoms with E-state index in [9.17, 15) is 4.79 Å². The summed E-state index contributed by atoms with van der Waals surface area (Å²) in [4.78, 5) is 17.0. The minimum atomic E-state index is 0.0891. The summed E-state index contributed by atoms with van der Waals surface area (Å²) in [6, 6.07) is 18.3. The van der Waals surface area contributed by atoms with Gasteiger partial charge in [0.15, 0.2) is 0 Å². The molecule has 3 rings (SSSR count). The number of halogens is 1. The second-order valence-corrected chi connectivity index (χ2v) is 6.92. The summed E-state index contributed by atoms with van der Waals surface area (Å²) in [7, 11) is 1.92. The van der Waals surface area contributed by atoms with Crippen molar-refractivity contribution in [1.82, 2.24) is 4.90 Å². The second-order valence-electron chi connectivity index (χ2n) is 6.00. The minimum absolute atomic E-state index is 0.0891. The highest BCUT2D eigenvalue weighted by atomic mass is 79.9. The van der Waals surface area contributed by atoms with E-state index in [4.69, 9.17) is 0 Å². The van der Waals surface area contributed by atoms with Gasteiger partial charge in [-0.15, -0.1) is 0 Å². The average Bonchev–Trinajstić information content (AvgIpc) is 2.61. The first kappa shape index (κ1) is 16.1. The number of carbonyl (C=O) groups is 1. The second kappa shape index (κ2) is 7.18. The van der Waals surface area contributed by atoms with E-state index in [1.54, 1.807) is 0 Å². The van der Waals surface area contributed by atoms with Crippen LogP contribution in [0.2, 0.25) is 0 Å². The van der Waals surface area contributed by atoms with Crippen molar-refractivity contribution in [3.05, 3.63) is 64.6 Å². The van der Waals surface area contributed by atoms with Crippen LogP contribution in [-0.4, -0.2) is 37.0 Å². The molecule has 1 aliphatic heterocycles. The van der Waals surface area contributed by atoms with Gasteiger partial charge in [-0.2, -0.15) is 0 Å². The maximum absolute atomic E-state index is 12.7. The molecule has 0 bridgehead atoms. The Hall–Kier alpha value is -1.81. The highest BCUT2D eigenvalue weighted by molar-refractivity contribution is 9.10. The van der Waals surface area contributed by atoms with Crippen LogP contribution in [0.3, 0.4) is 0 Å². The van der Waals surface area contributed by atoms with E-state index in [2.05, 4.69) is 45.1 Å². The van der Waals surface area contributed by atoms with E-state index in [1.807, 2.05) is 42.3 Å². The van der Waals surface area contributed by atoms with Crippen molar-refractivity contribution in [3.8, 4) is 0 Å². The highest BCUT2D eigenvalue weighted by Gasteiger charge is 2.26. The number of carbonyl (C=O) groups excluding carboxylic acids is 1. The number of amides is 1. The molecule has 2 aromatic carbocycles. The zero-order valence-corrected chi connectivity index (χ0v) is 14.9. The molecule has 1 amide bonds. The lowest BCUT2D eigenvalue weighted by molar-refractivity contribution is 0.0717. The maximum atomic E-state index is 12.7. The molecule has 3 nitrogen and oxygen atoms in total. The minimum Gasteiger partial charge on any atom is -0.369 e. The number of piperidine rings is 1. The summed E-state index contributed by atoms with van der Waals surface area (Å²) in [5.74, 6) is 0.0891. The molecule has 0 N–H and O–H groups in total. The zero-order valence-electron chi connectivity index (χ0n) is 13.3. The lowest BCUT2D eigenvalue weighted by Gasteiger charge is -2.39. The topological polar surface area (TPSA) is 23.6 Å². The number of hydrogen-bond acceptors (Lipinski definition) is 2. The quantitative estimate of drug-likeness (QED) is 0.806. The van der Waals surface area contributed by atoms with Gasteiger partial charge in [0.1, 0.15) is 0 Å². The van der Waals surface area contributed by atoms with Gasteiger partial charge >= 0.3 is 0 Å². The van der Waals surface area contributed by atoms with Crippen molar-refractivity contribution < 1.29 is 4.79 Å². The van der Waals surface area contributed by atoms with Crippen LogP contribution in [0.25, 0.3) is 0 Å². The molecule has 0 radical (unpaired) electrons. The Morgan fingerprint density at radius 2 is 1.96 bits per heavy atom. The number of rotatable bonds is 3. The van der Waals surface area contributed by atoms with Crippen LogP contribution >= 0.6 is 15.9 Å². The lowest BCUT2D eigenvalue weighted by atomic mass is 10.0. The standard InChI is InChI=1S/C19H21BrN2O/c1-21(19(23)15-7-5-8-16(20)13-15)18-11-6-12-22(14-18)17-9-3-2-4-10-17/h2-5,7-10,13,18H,6,11-12,14H2,1H3. The number of nitrogens with zero attached hydrogens (tertiary/aromatic N) is 2. The fraction of sp³-hybridized carbons (Fsp3) is 0.316. The molecule has 120 valence electrons. The molecule has 0 aliphatic carbocycles. The fourth-order valence-corrected chi connectivity index (χ4v) is 3.53. The first-order valence-corrected chi connectivity index (χ1v) is 8.77. The van der Waals surface area contributed by atoms with Crippen molar-refractivity contribution in [2.45, 2.75) is 18.9 Å². The number of hydrogen-bond donors (Lipinski definition) is 0. The summed E-state index contributed by atoms with van der Waals surface area (Å²) in [5.41, 5.74) is 1.97. The molecular weight excluding hydrogens is 352 g/mol. The van der Waals surface area contributed by atoms with Crippen LogP contribution in [0.1, 0.15) is 23.2 Å². The third-order valence-electron chi connectivity index (χ3n) is 4.46. The molecule has 23 heavy (non-hydrogen) atoms. The predicted octanol–water partition coefficient (Wildman–Crippen LogP) is 4.19. The number of para-hydroxylation sites is 1. The van der Waals surface area contributed by atoms with Gasteiger partial charge in [0.25, 0.3) is 5.91 Å². The number of anilines is 1. The number of benzene rings is 2. The first-order valence-electron chi connectivity index (χ1n) is 7.98. The normalized spacial score (nSPS) is 17.8. The molecule has 1 atom stereocenters. The van der Waals surface area contributed by atoms with Gasteiger partial charge in [0.2, 0.25) is 0 Å². The van der Waals surface area contributed by atoms with Crippen molar-refractivity contribution in [2.24, 2.45) is 0 Å². The SMILES string of the molecule is CN(C(=O)c1cccc(Br)c1)C1CCCN(c2ccccc2)C1. The fourth-order valence-electron chi connectivity index (χ4n) is 3.14. The Bertz CT molecular complexity index is 674. The molecule has 1 heterocycles. The summed E-state index contributed by atoms with van der Waals surface area (Å²) in [6.07, 6.45) is 2.16. The molecule has 2 aromatic rings. The third-order valence-corrected chi connectivity index (χ3v) is 4.95. The van der Waals surface area contributed by atoms with Crippen LogP contribution in [0.15, 0.2) is 59.1 Å². The largest absolute Gasteiger partial charge is 0.369 e. The van der Waals surface area contributed by atoms with Crippen LogP contribution in [0.4, 0.5) is 5.69 Å². The predicted molar refractivity (Wildman–Crippen MR) is 97.9 cm³/mol. The summed E-state index contributed by atoms with van der Waals surface area (Å²) in [6.45, 7) is 1.94. The Kier molecular flexibility index (Phi) is 5.01. The molecule has 0 aromatic heterocycles. The van der Waals surface area contributed by atoms with E-state index in [1.165, 1.54) is 5.69 Å². The van der Waals surface area contributed by atoms with Gasteiger partial charge < -0.3 is 9.80 Å². The lowest BCUT2D eigenvalue weighted by Crippen LogP contribution is -2.48. The molecule has 1 saturated heterocycles.